The van der Waals surface area contributed by atoms with E-state index in [-0.39, 0.29) is 10.8 Å². The summed E-state index contributed by atoms with van der Waals surface area (Å²) in [6.45, 7) is 0.521. The van der Waals surface area contributed by atoms with Gasteiger partial charge in [0.1, 0.15) is 21.4 Å². The summed E-state index contributed by atoms with van der Waals surface area (Å²) < 4.78 is 54.8. The SMILES string of the molecule is O=C(Nc1ccc2c(c1)CN(S(=O)(=O)c1cccs1)CC2)c1c(F)cccc1F. The quantitative estimate of drug-likeness (QED) is 0.674. The Morgan fingerprint density at radius 2 is 1.79 bits per heavy atom. The number of nitrogens with one attached hydrogen (secondary N) is 1. The van der Waals surface area contributed by atoms with E-state index in [1.165, 1.54) is 10.4 Å². The third-order valence-corrected chi connectivity index (χ3v) is 7.94. The summed E-state index contributed by atoms with van der Waals surface area (Å²) in [6, 6.07) is 11.5. The Bertz CT molecular complexity index is 1160. The van der Waals surface area contributed by atoms with Crippen LogP contribution in [0.15, 0.2) is 58.1 Å². The third kappa shape index (κ3) is 3.81. The van der Waals surface area contributed by atoms with E-state index in [9.17, 15) is 22.0 Å². The second kappa shape index (κ2) is 7.66. The molecule has 1 aromatic heterocycles. The Kier molecular flexibility index (Phi) is 5.20. The van der Waals surface area contributed by atoms with Crippen molar-refractivity contribution in [3.05, 3.63) is 82.2 Å². The van der Waals surface area contributed by atoms with E-state index >= 15 is 0 Å². The van der Waals surface area contributed by atoms with Crippen molar-refractivity contribution in [2.75, 3.05) is 11.9 Å². The molecule has 9 heteroatoms. The van der Waals surface area contributed by atoms with Gasteiger partial charge in [-0.1, -0.05) is 18.2 Å². The van der Waals surface area contributed by atoms with Gasteiger partial charge in [-0.15, -0.1) is 11.3 Å². The number of rotatable bonds is 4. The highest BCUT2D eigenvalue weighted by Crippen LogP contribution is 2.29. The molecule has 1 N–H and O–H groups in total. The van der Waals surface area contributed by atoms with Gasteiger partial charge < -0.3 is 5.32 Å². The minimum Gasteiger partial charge on any atom is -0.322 e. The maximum Gasteiger partial charge on any atom is 0.261 e. The largest absolute Gasteiger partial charge is 0.322 e. The molecule has 0 unspecified atom stereocenters. The van der Waals surface area contributed by atoms with Gasteiger partial charge in [0.05, 0.1) is 0 Å². The molecule has 1 aliphatic heterocycles. The van der Waals surface area contributed by atoms with Gasteiger partial charge in [0.15, 0.2) is 0 Å². The average Bonchev–Trinajstić information content (AvgIpc) is 3.23. The standard InChI is InChI=1S/C20H16F2N2O3S2/c21-16-3-1-4-17(22)19(16)20(25)23-15-7-6-13-8-9-24(12-14(13)11-15)29(26,27)18-5-2-10-28-18/h1-7,10-11H,8-9,12H2,(H,23,25). The number of benzene rings is 2. The molecule has 0 bridgehead atoms. The van der Waals surface area contributed by atoms with Crippen molar-refractivity contribution < 1.29 is 22.0 Å². The number of amides is 1. The smallest absolute Gasteiger partial charge is 0.261 e. The summed E-state index contributed by atoms with van der Waals surface area (Å²) in [5, 5.41) is 4.19. The predicted molar refractivity (Wildman–Crippen MR) is 106 cm³/mol. The van der Waals surface area contributed by atoms with Gasteiger partial charge in [-0.05, 0) is 53.3 Å². The second-order valence-corrected chi connectivity index (χ2v) is 9.67. The lowest BCUT2D eigenvalue weighted by molar-refractivity contribution is 0.101. The number of carbonyl (C=O) groups excluding carboxylic acids is 1. The number of nitrogens with zero attached hydrogens (tertiary/aromatic N) is 1. The van der Waals surface area contributed by atoms with Crippen molar-refractivity contribution >= 4 is 33.0 Å². The van der Waals surface area contributed by atoms with E-state index in [2.05, 4.69) is 5.32 Å². The van der Waals surface area contributed by atoms with Crippen molar-refractivity contribution in [3.8, 4) is 0 Å². The van der Waals surface area contributed by atoms with Crippen LogP contribution < -0.4 is 5.32 Å². The minimum atomic E-state index is -3.59. The zero-order valence-electron chi connectivity index (χ0n) is 15.1. The zero-order chi connectivity index (χ0) is 20.6. The van der Waals surface area contributed by atoms with E-state index < -0.39 is 33.1 Å². The summed E-state index contributed by atoms with van der Waals surface area (Å²) >= 11 is 1.16. The zero-order valence-corrected chi connectivity index (χ0v) is 16.7. The van der Waals surface area contributed by atoms with Crippen LogP contribution in [0.4, 0.5) is 14.5 Å². The topological polar surface area (TPSA) is 66.5 Å². The van der Waals surface area contributed by atoms with Crippen LogP contribution in [0.25, 0.3) is 0 Å². The number of carbonyl (C=O) groups is 1. The van der Waals surface area contributed by atoms with Crippen LogP contribution in [0, 0.1) is 11.6 Å². The van der Waals surface area contributed by atoms with Crippen LogP contribution in [0.5, 0.6) is 0 Å². The first kappa shape index (κ1) is 19.7. The summed E-state index contributed by atoms with van der Waals surface area (Å²) in [5.41, 5.74) is 1.39. The summed E-state index contributed by atoms with van der Waals surface area (Å²) in [4.78, 5) is 12.3. The fraction of sp³-hybridized carbons (Fsp3) is 0.150. The van der Waals surface area contributed by atoms with Crippen LogP contribution in [0.1, 0.15) is 21.5 Å². The molecular weight excluding hydrogens is 418 g/mol. The van der Waals surface area contributed by atoms with Gasteiger partial charge >= 0.3 is 0 Å². The molecule has 29 heavy (non-hydrogen) atoms. The number of thiophene rings is 1. The lowest BCUT2D eigenvalue weighted by atomic mass is 10.0. The fourth-order valence-electron chi connectivity index (χ4n) is 3.26. The fourth-order valence-corrected chi connectivity index (χ4v) is 5.82. The molecule has 0 saturated heterocycles. The number of anilines is 1. The van der Waals surface area contributed by atoms with Gasteiger partial charge in [-0.3, -0.25) is 4.79 Å². The third-order valence-electron chi connectivity index (χ3n) is 4.72. The molecular formula is C20H16F2N2O3S2. The van der Waals surface area contributed by atoms with Gasteiger partial charge in [0, 0.05) is 18.8 Å². The summed E-state index contributed by atoms with van der Waals surface area (Å²) in [5.74, 6) is -2.80. The van der Waals surface area contributed by atoms with E-state index in [0.29, 0.717) is 18.7 Å². The Balaban J connectivity index is 1.57. The monoisotopic (exact) mass is 434 g/mol. The number of sulfonamides is 1. The van der Waals surface area contributed by atoms with Crippen molar-refractivity contribution in [3.63, 3.8) is 0 Å². The average molecular weight is 434 g/mol. The Hall–Kier alpha value is -2.62. The maximum absolute atomic E-state index is 13.8. The Labute approximate surface area is 170 Å². The van der Waals surface area contributed by atoms with E-state index in [4.69, 9.17) is 0 Å². The van der Waals surface area contributed by atoms with Gasteiger partial charge in [-0.25, -0.2) is 17.2 Å². The first-order chi connectivity index (χ1) is 13.9. The first-order valence-electron chi connectivity index (χ1n) is 8.77. The number of halogens is 2. The van der Waals surface area contributed by atoms with Gasteiger partial charge in [-0.2, -0.15) is 4.31 Å². The molecule has 0 atom stereocenters. The molecule has 0 spiro atoms. The number of fused-ring (bicyclic) bond motifs is 1. The number of hydrogen-bond donors (Lipinski definition) is 1. The molecule has 0 radical (unpaired) electrons. The van der Waals surface area contributed by atoms with Crippen molar-refractivity contribution in [1.29, 1.82) is 0 Å². The van der Waals surface area contributed by atoms with E-state index in [1.807, 2.05) is 0 Å². The molecule has 0 saturated carbocycles. The van der Waals surface area contributed by atoms with Crippen LogP contribution >= 0.6 is 11.3 Å². The molecule has 150 valence electrons. The van der Waals surface area contributed by atoms with Gasteiger partial charge in [0.25, 0.3) is 15.9 Å². The van der Waals surface area contributed by atoms with Crippen molar-refractivity contribution in [2.45, 2.75) is 17.2 Å². The molecule has 5 nitrogen and oxygen atoms in total. The van der Waals surface area contributed by atoms with Crippen LogP contribution in [0.2, 0.25) is 0 Å². The highest BCUT2D eigenvalue weighted by atomic mass is 32.2. The van der Waals surface area contributed by atoms with Crippen LogP contribution in [-0.2, 0) is 23.0 Å². The Morgan fingerprint density at radius 1 is 1.03 bits per heavy atom. The summed E-state index contributed by atoms with van der Waals surface area (Å²) in [7, 11) is -3.59. The molecule has 4 rings (SSSR count). The summed E-state index contributed by atoms with van der Waals surface area (Å²) in [6.07, 6.45) is 0.538. The normalized spacial score (nSPS) is 14.4. The van der Waals surface area contributed by atoms with Crippen LogP contribution in [-0.4, -0.2) is 25.2 Å². The van der Waals surface area contributed by atoms with E-state index in [0.717, 1.165) is 34.6 Å². The van der Waals surface area contributed by atoms with Crippen molar-refractivity contribution in [1.82, 2.24) is 4.31 Å². The number of hydrogen-bond acceptors (Lipinski definition) is 4. The highest BCUT2D eigenvalue weighted by Gasteiger charge is 2.29. The second-order valence-electron chi connectivity index (χ2n) is 6.55. The molecule has 0 fully saturated rings. The molecule has 3 aromatic rings. The molecule has 2 heterocycles. The molecule has 2 aromatic carbocycles. The lowest BCUT2D eigenvalue weighted by Gasteiger charge is -2.28. The first-order valence-corrected chi connectivity index (χ1v) is 11.1. The highest BCUT2D eigenvalue weighted by molar-refractivity contribution is 7.91. The van der Waals surface area contributed by atoms with Gasteiger partial charge in [0.2, 0.25) is 0 Å². The van der Waals surface area contributed by atoms with Crippen molar-refractivity contribution in [2.24, 2.45) is 0 Å². The van der Waals surface area contributed by atoms with Crippen LogP contribution in [0.3, 0.4) is 0 Å². The van der Waals surface area contributed by atoms with E-state index in [1.54, 1.807) is 35.7 Å². The minimum absolute atomic E-state index is 0.160. The maximum atomic E-state index is 13.8. The predicted octanol–water partition coefficient (Wildman–Crippen LogP) is 4.03. The molecule has 1 aliphatic rings. The molecule has 1 amide bonds. The lowest BCUT2D eigenvalue weighted by Crippen LogP contribution is -2.35. The molecule has 0 aliphatic carbocycles. The Morgan fingerprint density at radius 3 is 2.48 bits per heavy atom.